The molecule has 0 radical (unpaired) electrons. The van der Waals surface area contributed by atoms with Crippen molar-refractivity contribution in [2.24, 2.45) is 5.92 Å². The molecule has 3 fully saturated rings. The van der Waals surface area contributed by atoms with Crippen LogP contribution in [0.2, 0.25) is 0 Å². The minimum absolute atomic E-state index is 0.106. The van der Waals surface area contributed by atoms with Gasteiger partial charge in [-0.2, -0.15) is 0 Å². The third kappa shape index (κ3) is 5.25. The van der Waals surface area contributed by atoms with Gasteiger partial charge in [0.1, 0.15) is 5.60 Å². The Balaban J connectivity index is 1.43. The average molecular weight is 457 g/mol. The number of benzene rings is 1. The van der Waals surface area contributed by atoms with Crippen LogP contribution in [0.25, 0.3) is 0 Å². The van der Waals surface area contributed by atoms with E-state index in [0.717, 1.165) is 23.9 Å². The van der Waals surface area contributed by atoms with E-state index in [-0.39, 0.29) is 23.3 Å². The summed E-state index contributed by atoms with van der Waals surface area (Å²) in [5.74, 6) is 0.617. The lowest BCUT2D eigenvalue weighted by Gasteiger charge is -2.45. The maximum Gasteiger partial charge on any atom is 0.494 e. The Bertz CT molecular complexity index is 858. The zero-order valence-corrected chi connectivity index (χ0v) is 21.3. The second kappa shape index (κ2) is 8.28. The number of amides is 1. The summed E-state index contributed by atoms with van der Waals surface area (Å²) < 4.78 is 18.4. The molecule has 1 saturated carbocycles. The molecule has 2 saturated heterocycles. The molecular formula is C26H40BNO5. The molecule has 0 bridgehead atoms. The molecule has 1 aliphatic carbocycles. The minimum Gasteiger partial charge on any atom is -0.443 e. The Labute approximate surface area is 199 Å². The Morgan fingerprint density at radius 1 is 1.12 bits per heavy atom. The molecule has 33 heavy (non-hydrogen) atoms. The molecule has 0 aromatic heterocycles. The molecule has 182 valence electrons. The third-order valence-corrected chi connectivity index (χ3v) is 7.87. The van der Waals surface area contributed by atoms with Crippen molar-refractivity contribution < 1.29 is 23.9 Å². The fourth-order valence-electron chi connectivity index (χ4n) is 5.13. The van der Waals surface area contributed by atoms with Crippen LogP contribution in [0.5, 0.6) is 0 Å². The summed E-state index contributed by atoms with van der Waals surface area (Å²) >= 11 is 0. The van der Waals surface area contributed by atoms with Gasteiger partial charge in [0.25, 0.3) is 0 Å². The molecule has 1 aromatic rings. The van der Waals surface area contributed by atoms with Crippen molar-refractivity contribution in [2.45, 2.75) is 109 Å². The normalized spacial score (nSPS) is 28.1. The molecule has 4 rings (SSSR count). The second-order valence-corrected chi connectivity index (χ2v) is 12.1. The summed E-state index contributed by atoms with van der Waals surface area (Å²) in [7, 11) is -0.399. The van der Waals surface area contributed by atoms with Gasteiger partial charge in [-0.1, -0.05) is 37.1 Å². The summed E-state index contributed by atoms with van der Waals surface area (Å²) in [6.07, 6.45) is 4.19. The number of aliphatic hydroxyl groups is 1. The predicted molar refractivity (Wildman–Crippen MR) is 129 cm³/mol. The van der Waals surface area contributed by atoms with Gasteiger partial charge in [0.05, 0.1) is 22.8 Å². The van der Waals surface area contributed by atoms with Crippen molar-refractivity contribution in [1.29, 1.82) is 0 Å². The van der Waals surface area contributed by atoms with Crippen LogP contribution in [0.15, 0.2) is 24.3 Å². The average Bonchev–Trinajstić information content (AvgIpc) is 3.45. The van der Waals surface area contributed by atoms with Gasteiger partial charge in [0, 0.05) is 19.4 Å². The van der Waals surface area contributed by atoms with Crippen molar-refractivity contribution in [3.8, 4) is 0 Å². The molecule has 1 amide bonds. The molecule has 6 nitrogen and oxygen atoms in total. The van der Waals surface area contributed by atoms with Gasteiger partial charge < -0.3 is 24.1 Å². The number of nitrogens with zero attached hydrogens (tertiary/aromatic N) is 1. The highest BCUT2D eigenvalue weighted by Gasteiger charge is 2.52. The third-order valence-electron chi connectivity index (χ3n) is 7.87. The molecule has 1 unspecified atom stereocenters. The SMILES string of the molecule is C[C@@H](c1ccc(B2OC(C)(C)C(C)(C)O2)cc1)N1CCC(CC2CC2)(CC(C)(C)O)OC1=O. The summed E-state index contributed by atoms with van der Waals surface area (Å²) in [5, 5.41) is 10.5. The van der Waals surface area contributed by atoms with Gasteiger partial charge in [-0.3, -0.25) is 0 Å². The molecule has 2 atom stereocenters. The maximum atomic E-state index is 13.1. The smallest absolute Gasteiger partial charge is 0.443 e. The molecule has 2 aliphatic heterocycles. The molecule has 0 spiro atoms. The lowest BCUT2D eigenvalue weighted by Crippen LogP contribution is -2.53. The highest BCUT2D eigenvalue weighted by atomic mass is 16.7. The van der Waals surface area contributed by atoms with Gasteiger partial charge in [0.15, 0.2) is 0 Å². The van der Waals surface area contributed by atoms with E-state index < -0.39 is 18.3 Å². The van der Waals surface area contributed by atoms with Crippen molar-refractivity contribution in [3.05, 3.63) is 29.8 Å². The minimum atomic E-state index is -0.869. The monoisotopic (exact) mass is 457 g/mol. The number of carbonyl (C=O) groups excluding carboxylic acids is 1. The van der Waals surface area contributed by atoms with Crippen LogP contribution < -0.4 is 5.46 Å². The first-order chi connectivity index (χ1) is 15.2. The molecule has 3 aliphatic rings. The number of ether oxygens (including phenoxy) is 1. The van der Waals surface area contributed by atoms with Gasteiger partial charge >= 0.3 is 13.2 Å². The topological polar surface area (TPSA) is 68.2 Å². The first kappa shape index (κ1) is 24.6. The Morgan fingerprint density at radius 3 is 2.18 bits per heavy atom. The highest BCUT2D eigenvalue weighted by molar-refractivity contribution is 6.62. The molecule has 1 aromatic carbocycles. The molecular weight excluding hydrogens is 417 g/mol. The summed E-state index contributed by atoms with van der Waals surface area (Å²) in [6, 6.07) is 8.03. The number of cyclic esters (lactones) is 1. The zero-order valence-electron chi connectivity index (χ0n) is 21.3. The highest BCUT2D eigenvalue weighted by Crippen LogP contribution is 2.45. The largest absolute Gasteiger partial charge is 0.494 e. The first-order valence-corrected chi connectivity index (χ1v) is 12.4. The zero-order chi connectivity index (χ0) is 24.2. The van der Waals surface area contributed by atoms with E-state index >= 15 is 0 Å². The van der Waals surface area contributed by atoms with E-state index in [4.69, 9.17) is 14.0 Å². The Hall–Kier alpha value is -1.57. The number of carbonyl (C=O) groups is 1. The fraction of sp³-hybridized carbons (Fsp3) is 0.731. The van der Waals surface area contributed by atoms with Crippen LogP contribution in [-0.4, -0.2) is 52.2 Å². The number of hydrogen-bond acceptors (Lipinski definition) is 5. The van der Waals surface area contributed by atoms with Crippen molar-refractivity contribution >= 4 is 18.7 Å². The van der Waals surface area contributed by atoms with E-state index in [0.29, 0.717) is 18.9 Å². The maximum absolute atomic E-state index is 13.1. The molecule has 2 heterocycles. The van der Waals surface area contributed by atoms with E-state index in [1.54, 1.807) is 18.7 Å². The Morgan fingerprint density at radius 2 is 1.70 bits per heavy atom. The van der Waals surface area contributed by atoms with E-state index in [9.17, 15) is 9.90 Å². The van der Waals surface area contributed by atoms with E-state index in [2.05, 4.69) is 0 Å². The van der Waals surface area contributed by atoms with Crippen LogP contribution in [0.1, 0.15) is 92.2 Å². The Kier molecular flexibility index (Phi) is 6.16. The van der Waals surface area contributed by atoms with Gasteiger partial charge in [-0.15, -0.1) is 0 Å². The quantitative estimate of drug-likeness (QED) is 0.607. The van der Waals surface area contributed by atoms with Crippen molar-refractivity contribution in [1.82, 2.24) is 4.90 Å². The van der Waals surface area contributed by atoms with Crippen LogP contribution in [0, 0.1) is 5.92 Å². The standard InChI is InChI=1S/C26H40BNO5/c1-18(20-10-12-21(13-11-20)27-32-24(4,5)25(6,7)33-27)28-15-14-26(31-22(28)29,16-19-8-9-19)17-23(2,3)30/h10-13,18-19,30H,8-9,14-17H2,1-7H3/t18-,26?/m0/s1. The lowest BCUT2D eigenvalue weighted by molar-refractivity contribution is -0.102. The fourth-order valence-corrected chi connectivity index (χ4v) is 5.13. The lowest BCUT2D eigenvalue weighted by atomic mass is 9.78. The van der Waals surface area contributed by atoms with Gasteiger partial charge in [0.2, 0.25) is 0 Å². The van der Waals surface area contributed by atoms with E-state index in [1.165, 1.54) is 12.8 Å². The number of rotatable bonds is 7. The predicted octanol–water partition coefficient (Wildman–Crippen LogP) is 4.59. The number of hydrogen-bond donors (Lipinski definition) is 1. The molecule has 7 heteroatoms. The molecule has 1 N–H and O–H groups in total. The van der Waals surface area contributed by atoms with Crippen LogP contribution in [0.4, 0.5) is 4.79 Å². The van der Waals surface area contributed by atoms with Crippen LogP contribution >= 0.6 is 0 Å². The first-order valence-electron chi connectivity index (χ1n) is 12.4. The summed E-state index contributed by atoms with van der Waals surface area (Å²) in [5.41, 5.74) is -0.169. The second-order valence-electron chi connectivity index (χ2n) is 12.1. The van der Waals surface area contributed by atoms with Gasteiger partial charge in [-0.25, -0.2) is 4.79 Å². The summed E-state index contributed by atoms with van der Waals surface area (Å²) in [4.78, 5) is 14.9. The van der Waals surface area contributed by atoms with Crippen molar-refractivity contribution in [3.63, 3.8) is 0 Å². The van der Waals surface area contributed by atoms with Gasteiger partial charge in [-0.05, 0) is 71.8 Å². The summed E-state index contributed by atoms with van der Waals surface area (Å²) in [6.45, 7) is 14.5. The van der Waals surface area contributed by atoms with E-state index in [1.807, 2.05) is 58.9 Å². The van der Waals surface area contributed by atoms with Crippen molar-refractivity contribution in [2.75, 3.05) is 6.54 Å². The van der Waals surface area contributed by atoms with Crippen LogP contribution in [-0.2, 0) is 14.0 Å². The van der Waals surface area contributed by atoms with Crippen LogP contribution in [0.3, 0.4) is 0 Å².